The smallest absolute Gasteiger partial charge is 0.226 e. The van der Waals surface area contributed by atoms with E-state index in [9.17, 15) is 0 Å². The van der Waals surface area contributed by atoms with E-state index < -0.39 is 0 Å². The Kier molecular flexibility index (Phi) is 3.62. The van der Waals surface area contributed by atoms with Crippen LogP contribution in [-0.4, -0.2) is 10.1 Å². The van der Waals surface area contributed by atoms with Crippen molar-refractivity contribution >= 4 is 11.6 Å². The molecule has 0 aromatic carbocycles. The van der Waals surface area contributed by atoms with Gasteiger partial charge in [0.25, 0.3) is 0 Å². The molecular weight excluding hydrogens is 212 g/mol. The highest BCUT2D eigenvalue weighted by Gasteiger charge is 2.18. The SMILES string of the molecule is CC(Cl)c1noc(CC2CCCCC2)n1. The Morgan fingerprint density at radius 2 is 2.13 bits per heavy atom. The lowest BCUT2D eigenvalue weighted by Crippen LogP contribution is -2.09. The summed E-state index contributed by atoms with van der Waals surface area (Å²) in [6.07, 6.45) is 7.60. The molecule has 1 aromatic rings. The molecule has 1 saturated carbocycles. The van der Waals surface area contributed by atoms with Crippen molar-refractivity contribution in [3.8, 4) is 0 Å². The van der Waals surface area contributed by atoms with E-state index in [0.29, 0.717) is 5.82 Å². The third-order valence-corrected chi connectivity index (χ3v) is 3.22. The lowest BCUT2D eigenvalue weighted by Gasteiger charge is -2.19. The highest BCUT2D eigenvalue weighted by molar-refractivity contribution is 6.20. The van der Waals surface area contributed by atoms with Gasteiger partial charge in [0, 0.05) is 6.42 Å². The van der Waals surface area contributed by atoms with Crippen LogP contribution in [0.2, 0.25) is 0 Å². The summed E-state index contributed by atoms with van der Waals surface area (Å²) in [4.78, 5) is 4.29. The van der Waals surface area contributed by atoms with E-state index in [1.54, 1.807) is 0 Å². The quantitative estimate of drug-likeness (QED) is 0.744. The predicted octanol–water partition coefficient (Wildman–Crippen LogP) is 3.49. The maximum atomic E-state index is 5.87. The first-order chi connectivity index (χ1) is 7.25. The van der Waals surface area contributed by atoms with Crippen molar-refractivity contribution in [1.82, 2.24) is 10.1 Å². The van der Waals surface area contributed by atoms with Gasteiger partial charge in [-0.1, -0.05) is 24.4 Å². The number of hydrogen-bond acceptors (Lipinski definition) is 3. The van der Waals surface area contributed by atoms with E-state index in [0.717, 1.165) is 18.2 Å². The molecule has 3 nitrogen and oxygen atoms in total. The van der Waals surface area contributed by atoms with Crippen LogP contribution in [0.3, 0.4) is 0 Å². The molecule has 0 saturated heterocycles. The zero-order valence-electron chi connectivity index (χ0n) is 9.08. The summed E-state index contributed by atoms with van der Waals surface area (Å²) in [6.45, 7) is 1.86. The Labute approximate surface area is 95.2 Å². The molecule has 1 aliphatic carbocycles. The van der Waals surface area contributed by atoms with Crippen molar-refractivity contribution in [2.75, 3.05) is 0 Å². The minimum Gasteiger partial charge on any atom is -0.339 e. The largest absolute Gasteiger partial charge is 0.339 e. The van der Waals surface area contributed by atoms with Crippen LogP contribution in [0, 0.1) is 5.92 Å². The molecule has 15 heavy (non-hydrogen) atoms. The number of alkyl halides is 1. The van der Waals surface area contributed by atoms with E-state index in [1.807, 2.05) is 6.92 Å². The van der Waals surface area contributed by atoms with Crippen LogP contribution in [0.1, 0.15) is 56.1 Å². The second kappa shape index (κ2) is 4.97. The normalized spacial score (nSPS) is 20.4. The van der Waals surface area contributed by atoms with Crippen LogP contribution in [0.15, 0.2) is 4.52 Å². The standard InChI is InChI=1S/C11H17ClN2O/c1-8(12)11-13-10(15-14-11)7-9-5-3-2-4-6-9/h8-9H,2-7H2,1H3. The Hall–Kier alpha value is -0.570. The zero-order valence-corrected chi connectivity index (χ0v) is 9.83. The summed E-state index contributed by atoms with van der Waals surface area (Å²) < 4.78 is 5.18. The van der Waals surface area contributed by atoms with E-state index in [-0.39, 0.29) is 5.38 Å². The fourth-order valence-electron chi connectivity index (χ4n) is 2.15. The molecule has 1 atom stereocenters. The second-order valence-corrected chi connectivity index (χ2v) is 5.03. The molecular formula is C11H17ClN2O. The second-order valence-electron chi connectivity index (χ2n) is 4.37. The van der Waals surface area contributed by atoms with Gasteiger partial charge in [0.1, 0.15) is 0 Å². The van der Waals surface area contributed by atoms with Crippen LogP contribution in [-0.2, 0) is 6.42 Å². The summed E-state index contributed by atoms with van der Waals surface area (Å²) in [6, 6.07) is 0. The molecule has 1 aromatic heterocycles. The number of aromatic nitrogens is 2. The topological polar surface area (TPSA) is 38.9 Å². The maximum Gasteiger partial charge on any atom is 0.226 e. The third kappa shape index (κ3) is 2.94. The molecule has 0 amide bonds. The monoisotopic (exact) mass is 228 g/mol. The average Bonchev–Trinajstić information content (AvgIpc) is 2.68. The van der Waals surface area contributed by atoms with Gasteiger partial charge in [-0.25, -0.2) is 0 Å². The van der Waals surface area contributed by atoms with Gasteiger partial charge in [-0.2, -0.15) is 4.98 Å². The zero-order chi connectivity index (χ0) is 10.7. The summed E-state index contributed by atoms with van der Waals surface area (Å²) in [5, 5.41) is 3.70. The molecule has 0 aliphatic heterocycles. The first kappa shape index (κ1) is 10.9. The molecule has 1 fully saturated rings. The Morgan fingerprint density at radius 3 is 2.73 bits per heavy atom. The molecule has 0 N–H and O–H groups in total. The van der Waals surface area contributed by atoms with E-state index in [2.05, 4.69) is 10.1 Å². The summed E-state index contributed by atoms with van der Waals surface area (Å²) in [5.74, 6) is 2.10. The van der Waals surface area contributed by atoms with Gasteiger partial charge in [0.05, 0.1) is 5.38 Å². The molecule has 0 bridgehead atoms. The first-order valence-corrected chi connectivity index (χ1v) is 6.16. The number of halogens is 1. The molecule has 2 rings (SSSR count). The van der Waals surface area contributed by atoms with Gasteiger partial charge in [-0.15, -0.1) is 11.6 Å². The van der Waals surface area contributed by atoms with Crippen LogP contribution >= 0.6 is 11.6 Å². The molecule has 4 heteroatoms. The van der Waals surface area contributed by atoms with Crippen molar-refractivity contribution in [3.05, 3.63) is 11.7 Å². The number of nitrogens with zero attached hydrogens (tertiary/aromatic N) is 2. The van der Waals surface area contributed by atoms with E-state index in [1.165, 1.54) is 32.1 Å². The first-order valence-electron chi connectivity index (χ1n) is 5.72. The fraction of sp³-hybridized carbons (Fsp3) is 0.818. The van der Waals surface area contributed by atoms with Gasteiger partial charge in [-0.05, 0) is 25.7 Å². The molecule has 1 aliphatic rings. The molecule has 1 unspecified atom stereocenters. The van der Waals surface area contributed by atoms with E-state index in [4.69, 9.17) is 16.1 Å². The van der Waals surface area contributed by atoms with Gasteiger partial charge in [0.15, 0.2) is 5.82 Å². The maximum absolute atomic E-state index is 5.87. The molecule has 0 spiro atoms. The summed E-state index contributed by atoms with van der Waals surface area (Å²) >= 11 is 5.87. The predicted molar refractivity (Wildman–Crippen MR) is 58.8 cm³/mol. The molecule has 0 radical (unpaired) electrons. The van der Waals surface area contributed by atoms with Crippen LogP contribution in [0.4, 0.5) is 0 Å². The Balaban J connectivity index is 1.91. The Morgan fingerprint density at radius 1 is 1.40 bits per heavy atom. The lowest BCUT2D eigenvalue weighted by atomic mass is 9.87. The molecule has 1 heterocycles. The lowest BCUT2D eigenvalue weighted by molar-refractivity contribution is 0.303. The number of hydrogen-bond donors (Lipinski definition) is 0. The van der Waals surface area contributed by atoms with Gasteiger partial charge in [-0.3, -0.25) is 0 Å². The van der Waals surface area contributed by atoms with Gasteiger partial charge >= 0.3 is 0 Å². The third-order valence-electron chi connectivity index (χ3n) is 3.03. The highest BCUT2D eigenvalue weighted by Crippen LogP contribution is 2.26. The van der Waals surface area contributed by atoms with Crippen LogP contribution in [0.25, 0.3) is 0 Å². The van der Waals surface area contributed by atoms with Crippen molar-refractivity contribution in [2.45, 2.75) is 50.8 Å². The van der Waals surface area contributed by atoms with Gasteiger partial charge < -0.3 is 4.52 Å². The minimum absolute atomic E-state index is 0.158. The summed E-state index contributed by atoms with van der Waals surface area (Å²) in [7, 11) is 0. The minimum atomic E-state index is -0.158. The average molecular weight is 229 g/mol. The summed E-state index contributed by atoms with van der Waals surface area (Å²) in [5.41, 5.74) is 0. The van der Waals surface area contributed by atoms with Crippen molar-refractivity contribution < 1.29 is 4.52 Å². The van der Waals surface area contributed by atoms with Crippen molar-refractivity contribution in [1.29, 1.82) is 0 Å². The van der Waals surface area contributed by atoms with E-state index >= 15 is 0 Å². The molecule has 84 valence electrons. The fourth-order valence-corrected chi connectivity index (χ4v) is 2.24. The van der Waals surface area contributed by atoms with Gasteiger partial charge in [0.2, 0.25) is 5.89 Å². The highest BCUT2D eigenvalue weighted by atomic mass is 35.5. The number of rotatable bonds is 3. The Bertz CT molecular complexity index is 305. The van der Waals surface area contributed by atoms with Crippen LogP contribution in [0.5, 0.6) is 0 Å². The van der Waals surface area contributed by atoms with Crippen LogP contribution < -0.4 is 0 Å². The van der Waals surface area contributed by atoms with Crippen molar-refractivity contribution in [3.63, 3.8) is 0 Å². The van der Waals surface area contributed by atoms with Crippen molar-refractivity contribution in [2.24, 2.45) is 5.92 Å².